The Balaban J connectivity index is 2.10. The summed E-state index contributed by atoms with van der Waals surface area (Å²) in [5.41, 5.74) is 0.956. The zero-order valence-corrected chi connectivity index (χ0v) is 8.53. The first-order chi connectivity index (χ1) is 6.71. The van der Waals surface area contributed by atoms with Crippen LogP contribution in [0.15, 0.2) is 30.3 Å². The predicted octanol–water partition coefficient (Wildman–Crippen LogP) is 2.40. The molecule has 0 radical (unpaired) electrons. The molecule has 1 saturated carbocycles. The summed E-state index contributed by atoms with van der Waals surface area (Å²) in [6, 6.07) is 10.1. The van der Waals surface area contributed by atoms with Gasteiger partial charge >= 0.3 is 0 Å². The Labute approximate surface area is 85.0 Å². The summed E-state index contributed by atoms with van der Waals surface area (Å²) < 4.78 is 0. The minimum atomic E-state index is -0.220. The number of rotatable bonds is 2. The van der Waals surface area contributed by atoms with Gasteiger partial charge in [-0.2, -0.15) is 0 Å². The molecule has 0 aliphatic heterocycles. The number of hydrogen-bond donors (Lipinski definition) is 2. The van der Waals surface area contributed by atoms with Crippen LogP contribution >= 0.6 is 0 Å². The van der Waals surface area contributed by atoms with Gasteiger partial charge < -0.3 is 10.4 Å². The number of aliphatic hydroxyl groups excluding tert-OH is 1. The minimum Gasteiger partial charge on any atom is -0.391 e. The molecule has 0 saturated heterocycles. The quantitative estimate of drug-likeness (QED) is 0.752. The fourth-order valence-electron chi connectivity index (χ4n) is 2.14. The molecule has 2 heteroatoms. The van der Waals surface area contributed by atoms with Crippen LogP contribution < -0.4 is 5.32 Å². The van der Waals surface area contributed by atoms with Gasteiger partial charge in [-0.25, -0.2) is 0 Å². The SMILES string of the molecule is CC1(Nc2ccccc2)CCCC1O. The maximum absolute atomic E-state index is 9.85. The van der Waals surface area contributed by atoms with E-state index in [4.69, 9.17) is 0 Å². The largest absolute Gasteiger partial charge is 0.391 e. The molecule has 1 aliphatic carbocycles. The van der Waals surface area contributed by atoms with Gasteiger partial charge in [-0.15, -0.1) is 0 Å². The maximum Gasteiger partial charge on any atom is 0.0767 e. The van der Waals surface area contributed by atoms with Crippen molar-refractivity contribution >= 4 is 5.69 Å². The monoisotopic (exact) mass is 191 g/mol. The van der Waals surface area contributed by atoms with Crippen LogP contribution in [0.25, 0.3) is 0 Å². The molecule has 0 bridgehead atoms. The summed E-state index contributed by atoms with van der Waals surface area (Å²) in [6.07, 6.45) is 2.85. The zero-order valence-electron chi connectivity index (χ0n) is 8.53. The summed E-state index contributed by atoms with van der Waals surface area (Å²) in [6.45, 7) is 2.09. The fourth-order valence-corrected chi connectivity index (χ4v) is 2.14. The molecule has 2 unspecified atom stereocenters. The topological polar surface area (TPSA) is 32.3 Å². The van der Waals surface area contributed by atoms with Crippen LogP contribution in [-0.2, 0) is 0 Å². The predicted molar refractivity (Wildman–Crippen MR) is 58.3 cm³/mol. The van der Waals surface area contributed by atoms with Gasteiger partial charge in [0.15, 0.2) is 0 Å². The number of aliphatic hydroxyl groups is 1. The third-order valence-corrected chi connectivity index (χ3v) is 3.11. The average molecular weight is 191 g/mol. The molecule has 0 amide bonds. The van der Waals surface area contributed by atoms with E-state index in [0.29, 0.717) is 0 Å². The van der Waals surface area contributed by atoms with Crippen molar-refractivity contribution in [3.63, 3.8) is 0 Å². The lowest BCUT2D eigenvalue weighted by Gasteiger charge is -2.30. The number of nitrogens with one attached hydrogen (secondary N) is 1. The lowest BCUT2D eigenvalue weighted by Crippen LogP contribution is -2.42. The van der Waals surface area contributed by atoms with Crippen LogP contribution in [0.4, 0.5) is 5.69 Å². The second-order valence-electron chi connectivity index (χ2n) is 4.32. The van der Waals surface area contributed by atoms with E-state index in [9.17, 15) is 5.11 Å². The van der Waals surface area contributed by atoms with Crippen LogP contribution in [-0.4, -0.2) is 16.7 Å². The first-order valence-electron chi connectivity index (χ1n) is 5.22. The van der Waals surface area contributed by atoms with E-state index in [1.54, 1.807) is 0 Å². The van der Waals surface area contributed by atoms with Crippen LogP contribution in [0.5, 0.6) is 0 Å². The molecule has 2 atom stereocenters. The Morgan fingerprint density at radius 1 is 1.36 bits per heavy atom. The summed E-state index contributed by atoms with van der Waals surface area (Å²) in [4.78, 5) is 0. The number of hydrogen-bond acceptors (Lipinski definition) is 2. The van der Waals surface area contributed by atoms with Crippen molar-refractivity contribution in [1.82, 2.24) is 0 Å². The van der Waals surface area contributed by atoms with Gasteiger partial charge in [0.05, 0.1) is 11.6 Å². The van der Waals surface area contributed by atoms with Gasteiger partial charge in [-0.3, -0.25) is 0 Å². The van der Waals surface area contributed by atoms with E-state index >= 15 is 0 Å². The first-order valence-corrected chi connectivity index (χ1v) is 5.22. The number of para-hydroxylation sites is 1. The molecule has 0 spiro atoms. The Morgan fingerprint density at radius 2 is 2.07 bits per heavy atom. The highest BCUT2D eigenvalue weighted by Gasteiger charge is 2.37. The molecule has 1 fully saturated rings. The zero-order chi connectivity index (χ0) is 10.0. The number of anilines is 1. The van der Waals surface area contributed by atoms with Gasteiger partial charge in [-0.1, -0.05) is 18.2 Å². The maximum atomic E-state index is 9.85. The van der Waals surface area contributed by atoms with Crippen LogP contribution in [0.3, 0.4) is 0 Å². The molecule has 0 heterocycles. The summed E-state index contributed by atoms with van der Waals surface area (Å²) in [5, 5.41) is 13.3. The molecular weight excluding hydrogens is 174 g/mol. The molecule has 1 aliphatic rings. The van der Waals surface area contributed by atoms with Crippen molar-refractivity contribution in [3.05, 3.63) is 30.3 Å². The highest BCUT2D eigenvalue weighted by atomic mass is 16.3. The van der Waals surface area contributed by atoms with Gasteiger partial charge in [0.1, 0.15) is 0 Å². The van der Waals surface area contributed by atoms with E-state index in [-0.39, 0.29) is 11.6 Å². The lowest BCUT2D eigenvalue weighted by atomic mass is 9.97. The van der Waals surface area contributed by atoms with E-state index in [2.05, 4.69) is 12.2 Å². The second-order valence-corrected chi connectivity index (χ2v) is 4.32. The molecule has 76 valence electrons. The third-order valence-electron chi connectivity index (χ3n) is 3.11. The number of benzene rings is 1. The first kappa shape index (κ1) is 9.53. The van der Waals surface area contributed by atoms with Crippen LogP contribution in [0, 0.1) is 0 Å². The molecule has 2 nitrogen and oxygen atoms in total. The van der Waals surface area contributed by atoms with Crippen molar-refractivity contribution in [2.75, 3.05) is 5.32 Å². The van der Waals surface area contributed by atoms with Crippen molar-refractivity contribution < 1.29 is 5.11 Å². The van der Waals surface area contributed by atoms with E-state index in [0.717, 1.165) is 24.9 Å². The minimum absolute atomic E-state index is 0.138. The molecule has 14 heavy (non-hydrogen) atoms. The smallest absolute Gasteiger partial charge is 0.0767 e. The van der Waals surface area contributed by atoms with Crippen molar-refractivity contribution in [2.45, 2.75) is 37.8 Å². The average Bonchev–Trinajstić information content (AvgIpc) is 2.48. The highest BCUT2D eigenvalue weighted by Crippen LogP contribution is 2.32. The summed E-state index contributed by atoms with van der Waals surface area (Å²) in [5.74, 6) is 0. The second kappa shape index (κ2) is 3.62. The Kier molecular flexibility index (Phi) is 2.46. The standard InChI is InChI=1S/C12H17NO/c1-12(9-5-8-11(12)14)13-10-6-3-2-4-7-10/h2-4,6-7,11,13-14H,5,8-9H2,1H3. The Bertz CT molecular complexity index is 298. The Hall–Kier alpha value is -1.02. The van der Waals surface area contributed by atoms with Gasteiger partial charge in [0.2, 0.25) is 0 Å². The van der Waals surface area contributed by atoms with Crippen LogP contribution in [0.1, 0.15) is 26.2 Å². The lowest BCUT2D eigenvalue weighted by molar-refractivity contribution is 0.131. The normalized spacial score (nSPS) is 31.7. The fraction of sp³-hybridized carbons (Fsp3) is 0.500. The molecule has 0 aromatic heterocycles. The molecule has 2 rings (SSSR count). The summed E-state index contributed by atoms with van der Waals surface area (Å²) >= 11 is 0. The molecular formula is C12H17NO. The third kappa shape index (κ3) is 1.75. The van der Waals surface area contributed by atoms with Crippen molar-refractivity contribution in [1.29, 1.82) is 0 Å². The van der Waals surface area contributed by atoms with Crippen molar-refractivity contribution in [2.24, 2.45) is 0 Å². The van der Waals surface area contributed by atoms with E-state index in [1.807, 2.05) is 30.3 Å². The van der Waals surface area contributed by atoms with Gasteiger partial charge in [0.25, 0.3) is 0 Å². The van der Waals surface area contributed by atoms with E-state index in [1.165, 1.54) is 0 Å². The highest BCUT2D eigenvalue weighted by molar-refractivity contribution is 5.45. The van der Waals surface area contributed by atoms with E-state index < -0.39 is 0 Å². The van der Waals surface area contributed by atoms with Crippen molar-refractivity contribution in [3.8, 4) is 0 Å². The Morgan fingerprint density at radius 3 is 2.64 bits per heavy atom. The molecule has 2 N–H and O–H groups in total. The summed E-state index contributed by atoms with van der Waals surface area (Å²) in [7, 11) is 0. The van der Waals surface area contributed by atoms with Gasteiger partial charge in [0, 0.05) is 5.69 Å². The molecule has 1 aromatic carbocycles. The van der Waals surface area contributed by atoms with Gasteiger partial charge in [-0.05, 0) is 38.3 Å². The van der Waals surface area contributed by atoms with Crippen LogP contribution in [0.2, 0.25) is 0 Å². The molecule has 1 aromatic rings.